The van der Waals surface area contributed by atoms with Crippen molar-refractivity contribution in [3.8, 4) is 0 Å². The van der Waals surface area contributed by atoms with Crippen molar-refractivity contribution < 1.29 is 44.6 Å². The molecule has 0 saturated heterocycles. The molecule has 206 valence electrons. The molecule has 0 atom stereocenters. The SMILES string of the molecule is CCCO[Si](CCCNC(=O)OCC[N+](CC)(CC)CC)(OCCC)OCCC.F[B-](F)(F)F. The molecule has 0 rings (SSSR count). The Labute approximate surface area is 204 Å². The van der Waals surface area contributed by atoms with Crippen LogP contribution in [0.15, 0.2) is 0 Å². The molecule has 0 unspecified atom stereocenters. The second kappa shape index (κ2) is 20.3. The van der Waals surface area contributed by atoms with Gasteiger partial charge in [-0.1, -0.05) is 20.8 Å². The van der Waals surface area contributed by atoms with Crippen LogP contribution in [-0.2, 0) is 18.0 Å². The third kappa shape index (κ3) is 19.4. The second-order valence-electron chi connectivity index (χ2n) is 7.90. The molecule has 1 amide bonds. The van der Waals surface area contributed by atoms with Gasteiger partial charge in [0, 0.05) is 32.4 Å². The Hall–Kier alpha value is -0.888. The van der Waals surface area contributed by atoms with Crippen LogP contribution in [0.2, 0.25) is 6.04 Å². The van der Waals surface area contributed by atoms with Crippen molar-refractivity contribution in [3.63, 3.8) is 0 Å². The molecule has 0 aliphatic carbocycles. The number of alkyl carbamates (subject to hydrolysis) is 1. The van der Waals surface area contributed by atoms with E-state index in [0.717, 1.165) is 56.3 Å². The van der Waals surface area contributed by atoms with E-state index in [1.54, 1.807) is 0 Å². The maximum atomic E-state index is 12.0. The molecule has 0 aliphatic rings. The summed E-state index contributed by atoms with van der Waals surface area (Å²) in [5.41, 5.74) is 0. The summed E-state index contributed by atoms with van der Waals surface area (Å²) in [7, 11) is -8.69. The van der Waals surface area contributed by atoms with Crippen molar-refractivity contribution in [2.45, 2.75) is 73.3 Å². The summed E-state index contributed by atoms with van der Waals surface area (Å²) < 4.78 is 63.6. The van der Waals surface area contributed by atoms with Gasteiger partial charge in [0.05, 0.1) is 19.6 Å². The molecule has 0 aromatic carbocycles. The predicted molar refractivity (Wildman–Crippen MR) is 130 cm³/mol. The zero-order chi connectivity index (χ0) is 26.5. The van der Waals surface area contributed by atoms with E-state index in [-0.39, 0.29) is 6.09 Å². The summed E-state index contributed by atoms with van der Waals surface area (Å²) in [6.07, 6.45) is 3.18. The van der Waals surface area contributed by atoms with Crippen LogP contribution < -0.4 is 5.32 Å². The molecule has 13 heteroatoms. The quantitative estimate of drug-likeness (QED) is 0.105. The van der Waals surface area contributed by atoms with Gasteiger partial charge in [0.1, 0.15) is 13.2 Å². The first kappa shape index (κ1) is 35.3. The van der Waals surface area contributed by atoms with E-state index in [1.807, 2.05) is 0 Å². The average Bonchev–Trinajstić information content (AvgIpc) is 2.79. The van der Waals surface area contributed by atoms with Crippen molar-refractivity contribution in [1.82, 2.24) is 5.32 Å². The first-order valence-corrected chi connectivity index (χ1v) is 14.4. The number of rotatable bonds is 19. The fourth-order valence-corrected chi connectivity index (χ4v) is 5.98. The zero-order valence-electron chi connectivity index (χ0n) is 22.0. The topological polar surface area (TPSA) is 66.0 Å². The van der Waals surface area contributed by atoms with Gasteiger partial charge in [0.2, 0.25) is 0 Å². The Bertz CT molecular complexity index is 468. The number of hydrogen-bond donors (Lipinski definition) is 1. The fourth-order valence-electron chi connectivity index (χ4n) is 3.14. The average molecular weight is 523 g/mol. The highest BCUT2D eigenvalue weighted by atomic mass is 28.4. The van der Waals surface area contributed by atoms with Crippen LogP contribution in [0.5, 0.6) is 0 Å². The molecule has 0 heterocycles. The van der Waals surface area contributed by atoms with Gasteiger partial charge in [0.25, 0.3) is 0 Å². The van der Waals surface area contributed by atoms with Gasteiger partial charge in [0.15, 0.2) is 0 Å². The van der Waals surface area contributed by atoms with Crippen LogP contribution in [0.3, 0.4) is 0 Å². The number of carbonyl (C=O) groups is 1. The molecule has 1 N–H and O–H groups in total. The van der Waals surface area contributed by atoms with Crippen LogP contribution >= 0.6 is 0 Å². The third-order valence-electron chi connectivity index (χ3n) is 5.32. The number of carbonyl (C=O) groups excluding carboxylic acids is 1. The molecule has 0 fully saturated rings. The molecule has 7 nitrogen and oxygen atoms in total. The van der Waals surface area contributed by atoms with Gasteiger partial charge < -0.3 is 45.1 Å². The summed E-state index contributed by atoms with van der Waals surface area (Å²) in [4.78, 5) is 12.0. The van der Waals surface area contributed by atoms with Crippen LogP contribution in [0.1, 0.15) is 67.2 Å². The zero-order valence-corrected chi connectivity index (χ0v) is 23.0. The summed E-state index contributed by atoms with van der Waals surface area (Å²) in [5, 5.41) is 2.85. The Morgan fingerprint density at radius 1 is 0.794 bits per heavy atom. The third-order valence-corrected chi connectivity index (χ3v) is 8.22. The molecular weight excluding hydrogens is 475 g/mol. The molecule has 0 radical (unpaired) electrons. The van der Waals surface area contributed by atoms with Gasteiger partial charge in [-0.15, -0.1) is 0 Å². The molecule has 0 aromatic heterocycles. The van der Waals surface area contributed by atoms with Crippen molar-refractivity contribution >= 4 is 22.2 Å². The smallest absolute Gasteiger partial charge is 0.444 e. The van der Waals surface area contributed by atoms with Crippen molar-refractivity contribution in [2.75, 3.05) is 59.2 Å². The van der Waals surface area contributed by atoms with Crippen molar-refractivity contribution in [3.05, 3.63) is 0 Å². The Kier molecular flexibility index (Phi) is 21.1. The van der Waals surface area contributed by atoms with Gasteiger partial charge in [-0.2, -0.15) is 0 Å². The van der Waals surface area contributed by atoms with Gasteiger partial charge >= 0.3 is 22.2 Å². The highest BCUT2D eigenvalue weighted by molar-refractivity contribution is 6.60. The summed E-state index contributed by atoms with van der Waals surface area (Å²) in [6.45, 7) is 19.7. The minimum atomic E-state index is -6.00. The summed E-state index contributed by atoms with van der Waals surface area (Å²) >= 11 is 0. The number of nitrogens with one attached hydrogen (secondary N) is 1. The minimum Gasteiger partial charge on any atom is -0.444 e. The molecule has 34 heavy (non-hydrogen) atoms. The van der Waals surface area contributed by atoms with Crippen LogP contribution in [-0.4, -0.2) is 85.8 Å². The van der Waals surface area contributed by atoms with E-state index in [9.17, 15) is 22.1 Å². The normalized spacial score (nSPS) is 12.2. The van der Waals surface area contributed by atoms with Crippen molar-refractivity contribution in [1.29, 1.82) is 0 Å². The molecule has 0 aromatic rings. The number of hydrogen-bond acceptors (Lipinski definition) is 5. The molecule has 0 saturated carbocycles. The summed E-state index contributed by atoms with van der Waals surface area (Å²) in [5.74, 6) is 0. The molecule has 0 aliphatic heterocycles. The van der Waals surface area contributed by atoms with E-state index in [2.05, 4.69) is 46.9 Å². The van der Waals surface area contributed by atoms with Crippen LogP contribution in [0.4, 0.5) is 22.1 Å². The number of halogens is 4. The molecule has 0 bridgehead atoms. The first-order chi connectivity index (χ1) is 16.0. The molecule has 0 spiro atoms. The predicted octanol–water partition coefficient (Wildman–Crippen LogP) is 5.50. The lowest BCUT2D eigenvalue weighted by molar-refractivity contribution is -0.923. The van der Waals surface area contributed by atoms with Crippen molar-refractivity contribution in [2.24, 2.45) is 0 Å². The highest BCUT2D eigenvalue weighted by Crippen LogP contribution is 2.19. The maximum absolute atomic E-state index is 12.0. The van der Waals surface area contributed by atoms with E-state index < -0.39 is 16.1 Å². The Morgan fingerprint density at radius 2 is 1.21 bits per heavy atom. The van der Waals surface area contributed by atoms with Gasteiger partial charge in [-0.3, -0.25) is 0 Å². The standard InChI is InChI=1S/C21H46N2O5Si.BF4/c1-7-16-26-29(27-17-8-2,28-18-9-3)20-13-14-22-21(24)25-19-15-23(10-4,11-5)12-6;2-1(3,4)5/h7-20H2,1-6H3;/q;-1/p+1. The van der Waals surface area contributed by atoms with Crippen LogP contribution in [0, 0.1) is 0 Å². The molecular formula is C21H47BF4N2O5Si. The lowest BCUT2D eigenvalue weighted by Gasteiger charge is -2.35. The van der Waals surface area contributed by atoms with Crippen LogP contribution in [0.25, 0.3) is 0 Å². The van der Waals surface area contributed by atoms with Gasteiger partial charge in [-0.05, 0) is 46.5 Å². The van der Waals surface area contributed by atoms with E-state index in [0.29, 0.717) is 39.0 Å². The number of likely N-dealkylation sites (N-methyl/N-ethyl adjacent to an activating group) is 1. The number of ether oxygens (including phenoxy) is 1. The second-order valence-corrected chi connectivity index (χ2v) is 10.6. The maximum Gasteiger partial charge on any atom is 0.673 e. The fraction of sp³-hybridized carbons (Fsp3) is 0.952. The van der Waals surface area contributed by atoms with Gasteiger partial charge in [-0.25, -0.2) is 4.79 Å². The lowest BCUT2D eigenvalue weighted by atomic mass is 10.3. The largest absolute Gasteiger partial charge is 0.673 e. The van der Waals surface area contributed by atoms with E-state index >= 15 is 0 Å². The summed E-state index contributed by atoms with van der Waals surface area (Å²) in [6, 6.07) is 0.703. The number of nitrogens with zero attached hydrogens (tertiary/aromatic N) is 1. The first-order valence-electron chi connectivity index (χ1n) is 12.5. The Balaban J connectivity index is 0. The Morgan fingerprint density at radius 3 is 1.56 bits per heavy atom. The highest BCUT2D eigenvalue weighted by Gasteiger charge is 2.40. The minimum absolute atomic E-state index is 0.350. The number of quaternary nitrogens is 1. The monoisotopic (exact) mass is 522 g/mol. The number of amides is 1. The lowest BCUT2D eigenvalue weighted by Crippen LogP contribution is -2.50. The van der Waals surface area contributed by atoms with E-state index in [4.69, 9.17) is 18.0 Å². The van der Waals surface area contributed by atoms with E-state index in [1.165, 1.54) is 0 Å².